The zero-order chi connectivity index (χ0) is 14.2. The summed E-state index contributed by atoms with van der Waals surface area (Å²) in [7, 11) is -3.34. The highest BCUT2D eigenvalue weighted by atomic mass is 32.2. The van der Waals surface area contributed by atoms with Crippen molar-refractivity contribution in [3.8, 4) is 0 Å². The van der Waals surface area contributed by atoms with Gasteiger partial charge in [0.1, 0.15) is 0 Å². The fourth-order valence-corrected chi connectivity index (χ4v) is 2.81. The van der Waals surface area contributed by atoms with E-state index in [2.05, 4.69) is 25.1 Å². The monoisotopic (exact) mass is 293 g/mol. The van der Waals surface area contributed by atoms with Crippen LogP contribution in [0.25, 0.3) is 0 Å². The maximum Gasteiger partial charge on any atom is 0.246 e. The molecular formula is C12H15N5O2S. The first-order valence-electron chi connectivity index (χ1n) is 6.27. The molecule has 1 aliphatic rings. The molecule has 20 heavy (non-hydrogen) atoms. The second-order valence-electron chi connectivity index (χ2n) is 4.96. The topological polar surface area (TPSA) is 91.8 Å². The summed E-state index contributed by atoms with van der Waals surface area (Å²) in [5.74, 6) is 0. The van der Waals surface area contributed by atoms with Crippen LogP contribution in [0.4, 0.5) is 0 Å². The molecular weight excluding hydrogens is 278 g/mol. The van der Waals surface area contributed by atoms with E-state index in [-0.39, 0.29) is 5.16 Å². The van der Waals surface area contributed by atoms with Gasteiger partial charge in [-0.15, -0.1) is 0 Å². The molecule has 0 amide bonds. The molecule has 106 valence electrons. The standard InChI is InChI=1S/C12H15N5O2S/c1-20(18,19)12-13-6-10-8-17(3-2-11(10)16-12)7-9-4-14-15-5-9/h4-6H,2-3,7-8H2,1H3,(H,14,15). The summed E-state index contributed by atoms with van der Waals surface area (Å²) in [4.78, 5) is 10.4. The second-order valence-corrected chi connectivity index (χ2v) is 6.87. The lowest BCUT2D eigenvalue weighted by Gasteiger charge is -2.27. The van der Waals surface area contributed by atoms with E-state index >= 15 is 0 Å². The molecule has 2 aromatic heterocycles. The third-order valence-corrected chi connectivity index (χ3v) is 4.14. The van der Waals surface area contributed by atoms with E-state index in [1.165, 1.54) is 0 Å². The molecule has 0 unspecified atom stereocenters. The lowest BCUT2D eigenvalue weighted by atomic mass is 10.1. The van der Waals surface area contributed by atoms with Gasteiger partial charge in [0.2, 0.25) is 15.0 Å². The first kappa shape index (κ1) is 13.2. The maximum absolute atomic E-state index is 11.4. The number of aromatic nitrogens is 4. The van der Waals surface area contributed by atoms with Crippen LogP contribution in [0.2, 0.25) is 0 Å². The Kier molecular flexibility index (Phi) is 3.27. The van der Waals surface area contributed by atoms with Crippen molar-refractivity contribution in [2.24, 2.45) is 0 Å². The van der Waals surface area contributed by atoms with Gasteiger partial charge in [0.15, 0.2) is 0 Å². The zero-order valence-corrected chi connectivity index (χ0v) is 11.9. The largest absolute Gasteiger partial charge is 0.294 e. The van der Waals surface area contributed by atoms with Crippen LogP contribution < -0.4 is 0 Å². The van der Waals surface area contributed by atoms with Gasteiger partial charge in [0.25, 0.3) is 0 Å². The third kappa shape index (κ3) is 2.70. The molecule has 0 radical (unpaired) electrons. The highest BCUT2D eigenvalue weighted by Gasteiger charge is 2.21. The van der Waals surface area contributed by atoms with E-state index in [0.717, 1.165) is 49.1 Å². The number of hydrogen-bond acceptors (Lipinski definition) is 6. The minimum Gasteiger partial charge on any atom is -0.294 e. The van der Waals surface area contributed by atoms with Crippen molar-refractivity contribution < 1.29 is 8.42 Å². The van der Waals surface area contributed by atoms with Crippen LogP contribution in [-0.4, -0.2) is 46.3 Å². The predicted molar refractivity (Wildman–Crippen MR) is 71.5 cm³/mol. The third-order valence-electron chi connectivity index (χ3n) is 3.28. The molecule has 3 rings (SSSR count). The Labute approximate surface area is 117 Å². The van der Waals surface area contributed by atoms with Gasteiger partial charge in [-0.05, 0) is 0 Å². The van der Waals surface area contributed by atoms with E-state index in [4.69, 9.17) is 0 Å². The molecule has 0 aromatic carbocycles. The highest BCUT2D eigenvalue weighted by Crippen LogP contribution is 2.19. The average molecular weight is 293 g/mol. The van der Waals surface area contributed by atoms with Gasteiger partial charge < -0.3 is 0 Å². The first-order valence-corrected chi connectivity index (χ1v) is 8.16. The second kappa shape index (κ2) is 4.95. The summed E-state index contributed by atoms with van der Waals surface area (Å²) in [5.41, 5.74) is 2.96. The van der Waals surface area contributed by atoms with E-state index < -0.39 is 9.84 Å². The number of H-pyrrole nitrogens is 1. The van der Waals surface area contributed by atoms with Gasteiger partial charge in [-0.3, -0.25) is 10.00 Å². The summed E-state index contributed by atoms with van der Waals surface area (Å²) in [6, 6.07) is 0. The molecule has 1 N–H and O–H groups in total. The molecule has 8 heteroatoms. The Morgan fingerprint density at radius 3 is 2.95 bits per heavy atom. The van der Waals surface area contributed by atoms with Crippen LogP contribution in [0, 0.1) is 0 Å². The minimum atomic E-state index is -3.34. The molecule has 0 atom stereocenters. The van der Waals surface area contributed by atoms with Crippen LogP contribution in [0.1, 0.15) is 16.8 Å². The van der Waals surface area contributed by atoms with Gasteiger partial charge in [-0.1, -0.05) is 0 Å². The van der Waals surface area contributed by atoms with E-state index in [9.17, 15) is 8.42 Å². The number of rotatable bonds is 3. The normalized spacial score (nSPS) is 16.1. The van der Waals surface area contributed by atoms with Crippen LogP contribution >= 0.6 is 0 Å². The summed E-state index contributed by atoms with van der Waals surface area (Å²) in [6.45, 7) is 2.38. The van der Waals surface area contributed by atoms with Crippen molar-refractivity contribution >= 4 is 9.84 Å². The number of hydrogen-bond donors (Lipinski definition) is 1. The van der Waals surface area contributed by atoms with E-state index in [1.807, 2.05) is 6.20 Å². The molecule has 0 aliphatic carbocycles. The fourth-order valence-electron chi connectivity index (χ4n) is 2.29. The Hall–Kier alpha value is -1.80. The number of fused-ring (bicyclic) bond motifs is 1. The molecule has 7 nitrogen and oxygen atoms in total. The Balaban J connectivity index is 1.79. The Morgan fingerprint density at radius 1 is 1.40 bits per heavy atom. The lowest BCUT2D eigenvalue weighted by molar-refractivity contribution is 0.242. The lowest BCUT2D eigenvalue weighted by Crippen LogP contribution is -2.31. The quantitative estimate of drug-likeness (QED) is 0.811. The average Bonchev–Trinajstić information content (AvgIpc) is 2.90. The van der Waals surface area contributed by atoms with Gasteiger partial charge in [0.05, 0.1) is 11.9 Å². The van der Waals surface area contributed by atoms with Crippen molar-refractivity contribution in [2.75, 3.05) is 12.8 Å². The van der Waals surface area contributed by atoms with Crippen molar-refractivity contribution in [1.82, 2.24) is 25.1 Å². The molecule has 1 aliphatic heterocycles. The molecule has 0 spiro atoms. The van der Waals surface area contributed by atoms with Crippen molar-refractivity contribution in [2.45, 2.75) is 24.7 Å². The van der Waals surface area contributed by atoms with Gasteiger partial charge in [-0.2, -0.15) is 5.10 Å². The molecule has 2 aromatic rings. The van der Waals surface area contributed by atoms with Crippen molar-refractivity contribution in [3.63, 3.8) is 0 Å². The molecule has 0 fully saturated rings. The molecule has 0 saturated carbocycles. The van der Waals surface area contributed by atoms with Crippen LogP contribution in [-0.2, 0) is 29.3 Å². The van der Waals surface area contributed by atoms with E-state index in [0.29, 0.717) is 0 Å². The summed E-state index contributed by atoms with van der Waals surface area (Å²) >= 11 is 0. The van der Waals surface area contributed by atoms with Gasteiger partial charge in [0, 0.05) is 55.8 Å². The van der Waals surface area contributed by atoms with Crippen LogP contribution in [0.3, 0.4) is 0 Å². The summed E-state index contributed by atoms with van der Waals surface area (Å²) in [6.07, 6.45) is 7.17. The molecule has 3 heterocycles. The summed E-state index contributed by atoms with van der Waals surface area (Å²) < 4.78 is 22.9. The highest BCUT2D eigenvalue weighted by molar-refractivity contribution is 7.90. The van der Waals surface area contributed by atoms with Crippen LogP contribution in [0.15, 0.2) is 23.7 Å². The number of sulfone groups is 1. The van der Waals surface area contributed by atoms with Crippen LogP contribution in [0.5, 0.6) is 0 Å². The smallest absolute Gasteiger partial charge is 0.246 e. The predicted octanol–water partition coefficient (Wildman–Crippen LogP) is 0.161. The fraction of sp³-hybridized carbons (Fsp3) is 0.417. The Morgan fingerprint density at radius 2 is 2.25 bits per heavy atom. The number of aromatic amines is 1. The molecule has 0 bridgehead atoms. The zero-order valence-electron chi connectivity index (χ0n) is 11.1. The van der Waals surface area contributed by atoms with E-state index in [1.54, 1.807) is 12.4 Å². The number of nitrogens with zero attached hydrogens (tertiary/aromatic N) is 4. The SMILES string of the molecule is CS(=O)(=O)c1ncc2c(n1)CCN(Cc1cn[nH]c1)C2. The van der Waals surface area contributed by atoms with Gasteiger partial charge in [-0.25, -0.2) is 18.4 Å². The minimum absolute atomic E-state index is 0.0838. The van der Waals surface area contributed by atoms with Crippen molar-refractivity contribution in [3.05, 3.63) is 35.4 Å². The van der Waals surface area contributed by atoms with Crippen molar-refractivity contribution in [1.29, 1.82) is 0 Å². The van der Waals surface area contributed by atoms with Gasteiger partial charge >= 0.3 is 0 Å². The Bertz CT molecular complexity index is 711. The first-order chi connectivity index (χ1) is 9.52. The summed E-state index contributed by atoms with van der Waals surface area (Å²) in [5, 5.41) is 6.64. The number of nitrogens with one attached hydrogen (secondary N) is 1. The molecule has 0 saturated heterocycles. The maximum atomic E-state index is 11.4.